The molecular formula is C30H51N3S. The van der Waals surface area contributed by atoms with E-state index in [2.05, 4.69) is 104 Å². The first kappa shape index (κ1) is 30.4. The van der Waals surface area contributed by atoms with Gasteiger partial charge < -0.3 is 4.90 Å². The van der Waals surface area contributed by atoms with E-state index in [1.807, 2.05) is 13.8 Å². The number of thiol groups is 1. The van der Waals surface area contributed by atoms with Crippen LogP contribution in [0.15, 0.2) is 0 Å². The molecule has 1 aliphatic rings. The molecule has 0 aliphatic carbocycles. The molecular weight excluding hydrogens is 434 g/mol. The van der Waals surface area contributed by atoms with E-state index >= 15 is 0 Å². The zero-order valence-corrected chi connectivity index (χ0v) is 25.5. The van der Waals surface area contributed by atoms with Crippen LogP contribution >= 0.6 is 12.6 Å². The summed E-state index contributed by atoms with van der Waals surface area (Å²) in [5, 5.41) is 5.19. The van der Waals surface area contributed by atoms with Crippen molar-refractivity contribution in [1.29, 1.82) is 0 Å². The zero-order chi connectivity index (χ0) is 26.5. The largest absolute Gasteiger partial charge is 0.303 e. The molecule has 0 spiro atoms. The molecule has 4 heteroatoms. The van der Waals surface area contributed by atoms with Crippen LogP contribution in [0, 0.1) is 69.2 Å². The van der Waals surface area contributed by atoms with Crippen molar-refractivity contribution in [3.63, 3.8) is 0 Å². The third-order valence-electron chi connectivity index (χ3n) is 8.12. The first-order valence-corrected chi connectivity index (χ1v) is 13.7. The number of likely N-dealkylation sites (N-methyl/N-ethyl adjacent to an activating group) is 1. The maximum Gasteiger partial charge on any atom is 0.0638 e. The molecule has 2 aromatic carbocycles. The Bertz CT molecular complexity index is 856. The molecule has 0 aromatic heterocycles. The minimum Gasteiger partial charge on any atom is -0.303 e. The molecule has 3 rings (SSSR count). The number of hydrogen-bond acceptors (Lipinski definition) is 4. The number of rotatable bonds is 2. The smallest absolute Gasteiger partial charge is 0.0638 e. The Labute approximate surface area is 216 Å². The molecule has 0 bridgehead atoms. The first-order chi connectivity index (χ1) is 16.0. The summed E-state index contributed by atoms with van der Waals surface area (Å²) >= 11 is 3.53. The number of nitrogens with zero attached hydrogens (tertiary/aromatic N) is 3. The minimum atomic E-state index is 1.00. The number of hydrogen-bond donors (Lipinski definition) is 1. The van der Waals surface area contributed by atoms with Crippen LogP contribution in [0.2, 0.25) is 0 Å². The van der Waals surface area contributed by atoms with Crippen LogP contribution in [-0.4, -0.2) is 44.4 Å². The van der Waals surface area contributed by atoms with Crippen LogP contribution in [0.3, 0.4) is 0 Å². The van der Waals surface area contributed by atoms with E-state index in [9.17, 15) is 0 Å². The Balaban J connectivity index is 0.00000137. The standard InChI is InChI=1S/C27H41N3.C2H6.CH4S/c1-16-18(3)22(7)26(23(8)19(16)4)29-14-12-28(11)13-15-30(29)27-24(9)20(5)17(2)21(6)25(27)10;2*1-2/h12-15H2,1-11H3;1-2H3;2H,1H3. The second kappa shape index (κ2) is 12.9. The Hall–Kier alpha value is -1.65. The molecule has 0 N–H and O–H groups in total. The van der Waals surface area contributed by atoms with Gasteiger partial charge in [0, 0.05) is 13.1 Å². The van der Waals surface area contributed by atoms with Crippen molar-refractivity contribution in [2.75, 3.05) is 49.5 Å². The maximum absolute atomic E-state index is 3.53. The van der Waals surface area contributed by atoms with Gasteiger partial charge >= 0.3 is 0 Å². The highest BCUT2D eigenvalue weighted by atomic mass is 32.1. The molecule has 34 heavy (non-hydrogen) atoms. The molecule has 0 amide bonds. The molecule has 0 unspecified atom stereocenters. The second-order valence-electron chi connectivity index (χ2n) is 9.50. The third-order valence-corrected chi connectivity index (χ3v) is 8.12. The maximum atomic E-state index is 3.53. The topological polar surface area (TPSA) is 9.72 Å². The predicted octanol–water partition coefficient (Wildman–Crippen LogP) is 7.52. The van der Waals surface area contributed by atoms with Crippen molar-refractivity contribution in [1.82, 2.24) is 4.90 Å². The molecule has 192 valence electrons. The van der Waals surface area contributed by atoms with E-state index < -0.39 is 0 Å². The fraction of sp³-hybridized carbons (Fsp3) is 0.600. The lowest BCUT2D eigenvalue weighted by Crippen LogP contribution is -2.46. The summed E-state index contributed by atoms with van der Waals surface area (Å²) in [6.07, 6.45) is 1.69. The molecule has 0 saturated carbocycles. The highest BCUT2D eigenvalue weighted by Gasteiger charge is 2.29. The summed E-state index contributed by atoms with van der Waals surface area (Å²) in [5.41, 5.74) is 17.0. The number of benzene rings is 2. The van der Waals surface area contributed by atoms with Gasteiger partial charge in [0.05, 0.1) is 24.5 Å². The van der Waals surface area contributed by atoms with E-state index in [4.69, 9.17) is 0 Å². The van der Waals surface area contributed by atoms with Crippen LogP contribution < -0.4 is 10.0 Å². The quantitative estimate of drug-likeness (QED) is 0.441. The van der Waals surface area contributed by atoms with Gasteiger partial charge in [0.2, 0.25) is 0 Å². The van der Waals surface area contributed by atoms with Gasteiger partial charge in [-0.15, -0.1) is 0 Å². The normalized spacial score (nSPS) is 14.2. The van der Waals surface area contributed by atoms with Crippen LogP contribution in [-0.2, 0) is 0 Å². The van der Waals surface area contributed by atoms with Crippen molar-refractivity contribution in [3.05, 3.63) is 55.6 Å². The van der Waals surface area contributed by atoms with Crippen LogP contribution in [0.5, 0.6) is 0 Å². The lowest BCUT2D eigenvalue weighted by atomic mass is 9.91. The van der Waals surface area contributed by atoms with E-state index in [1.165, 1.54) is 67.0 Å². The average Bonchev–Trinajstić information content (AvgIpc) is 3.03. The van der Waals surface area contributed by atoms with Gasteiger partial charge in [-0.25, -0.2) is 0 Å². The lowest BCUT2D eigenvalue weighted by Gasteiger charge is -2.41. The third kappa shape index (κ3) is 5.60. The van der Waals surface area contributed by atoms with Gasteiger partial charge in [-0.1, -0.05) is 13.8 Å². The fourth-order valence-electron chi connectivity index (χ4n) is 5.08. The molecule has 0 atom stereocenters. The van der Waals surface area contributed by atoms with E-state index in [-0.39, 0.29) is 0 Å². The molecule has 0 radical (unpaired) electrons. The lowest BCUT2D eigenvalue weighted by molar-refractivity contribution is 0.369. The van der Waals surface area contributed by atoms with Crippen molar-refractivity contribution in [3.8, 4) is 0 Å². The monoisotopic (exact) mass is 485 g/mol. The van der Waals surface area contributed by atoms with Gasteiger partial charge in [0.25, 0.3) is 0 Å². The van der Waals surface area contributed by atoms with Crippen molar-refractivity contribution >= 4 is 24.0 Å². The van der Waals surface area contributed by atoms with Gasteiger partial charge in [-0.3, -0.25) is 10.0 Å². The van der Waals surface area contributed by atoms with Crippen molar-refractivity contribution in [2.45, 2.75) is 83.1 Å². The van der Waals surface area contributed by atoms with E-state index in [0.717, 1.165) is 26.2 Å². The highest BCUT2D eigenvalue weighted by molar-refractivity contribution is 7.79. The van der Waals surface area contributed by atoms with Crippen molar-refractivity contribution < 1.29 is 0 Å². The van der Waals surface area contributed by atoms with Crippen LogP contribution in [0.4, 0.5) is 11.4 Å². The summed E-state index contributed by atoms with van der Waals surface area (Å²) in [7, 11) is 2.25. The molecule has 1 saturated heterocycles. The first-order valence-electron chi connectivity index (χ1n) is 12.8. The average molecular weight is 486 g/mol. The van der Waals surface area contributed by atoms with Crippen LogP contribution in [0.1, 0.15) is 69.5 Å². The van der Waals surface area contributed by atoms with Gasteiger partial charge in [0.1, 0.15) is 0 Å². The molecule has 2 aromatic rings. The predicted molar refractivity (Wildman–Crippen MR) is 159 cm³/mol. The summed E-state index contributed by atoms with van der Waals surface area (Å²) in [6.45, 7) is 31.1. The minimum absolute atomic E-state index is 1.00. The van der Waals surface area contributed by atoms with E-state index in [1.54, 1.807) is 6.26 Å². The van der Waals surface area contributed by atoms with Gasteiger partial charge in [-0.05, 0) is 138 Å². The zero-order valence-electron chi connectivity index (χ0n) is 24.6. The fourth-order valence-corrected chi connectivity index (χ4v) is 5.08. The number of hydrazine groups is 1. The Morgan fingerprint density at radius 1 is 0.412 bits per heavy atom. The second-order valence-corrected chi connectivity index (χ2v) is 9.50. The Kier molecular flexibility index (Phi) is 11.5. The summed E-state index contributed by atoms with van der Waals surface area (Å²) in [5.74, 6) is 0. The Morgan fingerprint density at radius 2 is 0.618 bits per heavy atom. The SMILES string of the molecule is CC.CS.Cc1c(C)c(C)c(N2CCN(C)CCN2c2c(C)c(C)c(C)c(C)c2C)c(C)c1C. The molecule has 1 fully saturated rings. The van der Waals surface area contributed by atoms with Gasteiger partial charge in [0.15, 0.2) is 0 Å². The van der Waals surface area contributed by atoms with Crippen molar-refractivity contribution in [2.24, 2.45) is 0 Å². The summed E-state index contributed by atoms with van der Waals surface area (Å²) < 4.78 is 0. The highest BCUT2D eigenvalue weighted by Crippen LogP contribution is 2.39. The molecule has 1 aliphatic heterocycles. The Morgan fingerprint density at radius 3 is 0.853 bits per heavy atom. The molecule has 1 heterocycles. The summed E-state index contributed by atoms with van der Waals surface area (Å²) in [6, 6.07) is 0. The van der Waals surface area contributed by atoms with Crippen LogP contribution in [0.25, 0.3) is 0 Å². The number of anilines is 2. The van der Waals surface area contributed by atoms with E-state index in [0.29, 0.717) is 0 Å². The summed E-state index contributed by atoms with van der Waals surface area (Å²) in [4.78, 5) is 2.46. The molecule has 3 nitrogen and oxygen atoms in total. The van der Waals surface area contributed by atoms with Gasteiger partial charge in [-0.2, -0.15) is 12.6 Å².